The van der Waals surface area contributed by atoms with Gasteiger partial charge in [-0.1, -0.05) is 30.3 Å². The number of benzene rings is 1. The van der Waals surface area contributed by atoms with E-state index >= 15 is 0 Å². The summed E-state index contributed by atoms with van der Waals surface area (Å²) in [5.41, 5.74) is 3.88. The molecule has 0 aliphatic carbocycles. The third kappa shape index (κ3) is 6.92. The van der Waals surface area contributed by atoms with E-state index in [0.717, 1.165) is 5.56 Å². The predicted octanol–water partition coefficient (Wildman–Crippen LogP) is 3.93. The zero-order valence-corrected chi connectivity index (χ0v) is 14.1. The van der Waals surface area contributed by atoms with Crippen molar-refractivity contribution in [1.82, 2.24) is 5.48 Å². The summed E-state index contributed by atoms with van der Waals surface area (Å²) >= 11 is 6.13. The summed E-state index contributed by atoms with van der Waals surface area (Å²) in [6, 6.07) is 9.81. The first-order valence-corrected chi connectivity index (χ1v) is 9.08. The van der Waals surface area contributed by atoms with E-state index in [1.165, 1.54) is 0 Å². The van der Waals surface area contributed by atoms with Gasteiger partial charge in [-0.25, -0.2) is 5.48 Å². The standard InChI is InChI=1S/C14H23ClNO4P/c1-3-19-21(17,20-4-2)14(15)10-11-16-18-12-13-8-6-5-7-9-13/h5-9,14,16H,3-4,10-12H2,1-2H3/t14-/m1/s1. The van der Waals surface area contributed by atoms with Gasteiger partial charge in [0, 0.05) is 6.54 Å². The first-order valence-electron chi connectivity index (χ1n) is 7.03. The Labute approximate surface area is 131 Å². The van der Waals surface area contributed by atoms with Gasteiger partial charge in [-0.05, 0) is 25.8 Å². The fourth-order valence-electron chi connectivity index (χ4n) is 1.68. The molecule has 0 unspecified atom stereocenters. The summed E-state index contributed by atoms with van der Waals surface area (Å²) < 4.78 is 22.7. The van der Waals surface area contributed by atoms with Crippen LogP contribution in [0.1, 0.15) is 25.8 Å². The van der Waals surface area contributed by atoms with Crippen LogP contribution in [-0.4, -0.2) is 24.9 Å². The summed E-state index contributed by atoms with van der Waals surface area (Å²) in [4.78, 5) is 5.32. The van der Waals surface area contributed by atoms with Crippen LogP contribution < -0.4 is 5.48 Å². The molecule has 0 aromatic heterocycles. The number of nitrogens with one attached hydrogen (secondary N) is 1. The summed E-state index contributed by atoms with van der Waals surface area (Å²) in [5.74, 6) is 0. The van der Waals surface area contributed by atoms with Crippen LogP contribution in [0.25, 0.3) is 0 Å². The predicted molar refractivity (Wildman–Crippen MR) is 84.4 cm³/mol. The van der Waals surface area contributed by atoms with E-state index in [9.17, 15) is 4.57 Å². The van der Waals surface area contributed by atoms with Crippen molar-refractivity contribution >= 4 is 19.2 Å². The van der Waals surface area contributed by atoms with Crippen molar-refractivity contribution in [3.05, 3.63) is 35.9 Å². The van der Waals surface area contributed by atoms with E-state index < -0.39 is 12.7 Å². The highest BCUT2D eigenvalue weighted by Crippen LogP contribution is 2.55. The van der Waals surface area contributed by atoms with Crippen molar-refractivity contribution in [2.75, 3.05) is 19.8 Å². The lowest BCUT2D eigenvalue weighted by atomic mass is 10.2. The normalized spacial score (nSPS) is 13.3. The lowest BCUT2D eigenvalue weighted by Gasteiger charge is -2.21. The van der Waals surface area contributed by atoms with Crippen LogP contribution in [-0.2, 0) is 25.1 Å². The molecule has 120 valence electrons. The topological polar surface area (TPSA) is 56.8 Å². The summed E-state index contributed by atoms with van der Waals surface area (Å²) in [6.07, 6.45) is 0.424. The molecule has 21 heavy (non-hydrogen) atoms. The molecule has 5 nitrogen and oxygen atoms in total. The van der Waals surface area contributed by atoms with Gasteiger partial charge in [-0.2, -0.15) is 0 Å². The lowest BCUT2D eigenvalue weighted by Crippen LogP contribution is -2.20. The molecule has 0 bridgehead atoms. The Balaban J connectivity index is 2.25. The molecule has 1 aromatic carbocycles. The third-order valence-electron chi connectivity index (χ3n) is 2.63. The zero-order chi connectivity index (χ0) is 15.6. The monoisotopic (exact) mass is 335 g/mol. The minimum absolute atomic E-state index is 0.304. The Morgan fingerprint density at radius 1 is 1.19 bits per heavy atom. The van der Waals surface area contributed by atoms with Gasteiger partial charge >= 0.3 is 7.60 Å². The van der Waals surface area contributed by atoms with Crippen LogP contribution >= 0.6 is 19.2 Å². The molecule has 7 heteroatoms. The molecule has 0 saturated heterocycles. The van der Waals surface area contributed by atoms with Crippen molar-refractivity contribution < 1.29 is 18.5 Å². The first-order chi connectivity index (χ1) is 10.1. The SMILES string of the molecule is CCOP(=O)(OCC)[C@@H](Cl)CCNOCc1ccccc1. The zero-order valence-electron chi connectivity index (χ0n) is 12.5. The summed E-state index contributed by atoms with van der Waals surface area (Å²) in [7, 11) is -3.25. The first kappa shape index (κ1) is 18.6. The molecular weight excluding hydrogens is 313 g/mol. The molecule has 0 aliphatic heterocycles. The maximum atomic E-state index is 12.4. The molecule has 0 amide bonds. The van der Waals surface area contributed by atoms with E-state index in [2.05, 4.69) is 5.48 Å². The number of hydrogen-bond donors (Lipinski definition) is 1. The van der Waals surface area contributed by atoms with Crippen LogP contribution in [0.3, 0.4) is 0 Å². The van der Waals surface area contributed by atoms with Crippen molar-refractivity contribution in [2.24, 2.45) is 0 Å². The molecule has 1 N–H and O–H groups in total. The Bertz CT molecular complexity index is 422. The molecule has 0 heterocycles. The smallest absolute Gasteiger partial charge is 0.308 e. The number of halogens is 1. The molecule has 0 fully saturated rings. The van der Waals surface area contributed by atoms with Crippen LogP contribution in [0, 0.1) is 0 Å². The van der Waals surface area contributed by atoms with Gasteiger partial charge in [0.15, 0.2) is 0 Å². The number of hydroxylamine groups is 1. The van der Waals surface area contributed by atoms with E-state index in [1.54, 1.807) is 13.8 Å². The van der Waals surface area contributed by atoms with E-state index in [-0.39, 0.29) is 0 Å². The minimum Gasteiger partial charge on any atom is -0.308 e. The average molecular weight is 336 g/mol. The maximum Gasteiger partial charge on any atom is 0.348 e. The molecule has 0 aliphatic rings. The lowest BCUT2D eigenvalue weighted by molar-refractivity contribution is 0.0278. The van der Waals surface area contributed by atoms with Crippen molar-refractivity contribution in [1.29, 1.82) is 0 Å². The van der Waals surface area contributed by atoms with Crippen molar-refractivity contribution in [3.8, 4) is 0 Å². The minimum atomic E-state index is -3.25. The fraction of sp³-hybridized carbons (Fsp3) is 0.571. The Kier molecular flexibility index (Phi) is 9.16. The Morgan fingerprint density at radius 2 is 1.81 bits per heavy atom. The Morgan fingerprint density at radius 3 is 2.38 bits per heavy atom. The highest BCUT2D eigenvalue weighted by molar-refractivity contribution is 7.56. The quantitative estimate of drug-likeness (QED) is 0.287. The second-order valence-corrected chi connectivity index (χ2v) is 7.32. The van der Waals surface area contributed by atoms with Gasteiger partial charge < -0.3 is 9.05 Å². The number of rotatable bonds is 11. The maximum absolute atomic E-state index is 12.4. The van der Waals surface area contributed by atoms with E-state index in [1.807, 2.05) is 30.3 Å². The van der Waals surface area contributed by atoms with Crippen molar-refractivity contribution in [2.45, 2.75) is 32.0 Å². The highest BCUT2D eigenvalue weighted by atomic mass is 35.5. The fourth-order valence-corrected chi connectivity index (χ4v) is 3.69. The molecule has 0 spiro atoms. The van der Waals surface area contributed by atoms with Crippen LogP contribution in [0.4, 0.5) is 0 Å². The molecule has 1 aromatic rings. The second kappa shape index (κ2) is 10.3. The van der Waals surface area contributed by atoms with Crippen LogP contribution in [0.2, 0.25) is 0 Å². The van der Waals surface area contributed by atoms with Gasteiger partial charge in [0.05, 0.1) is 19.8 Å². The Hall–Kier alpha value is -0.420. The molecule has 1 atom stereocenters. The van der Waals surface area contributed by atoms with Gasteiger partial charge in [0.25, 0.3) is 0 Å². The molecule has 0 saturated carbocycles. The second-order valence-electron chi connectivity index (χ2n) is 4.27. The van der Waals surface area contributed by atoms with Gasteiger partial charge in [-0.3, -0.25) is 9.40 Å². The van der Waals surface area contributed by atoms with E-state index in [4.69, 9.17) is 25.5 Å². The summed E-state index contributed by atoms with van der Waals surface area (Å²) in [5, 5.41) is -0.690. The largest absolute Gasteiger partial charge is 0.348 e. The molecule has 1 rings (SSSR count). The van der Waals surface area contributed by atoms with Crippen molar-refractivity contribution in [3.63, 3.8) is 0 Å². The average Bonchev–Trinajstić information content (AvgIpc) is 2.48. The highest BCUT2D eigenvalue weighted by Gasteiger charge is 2.33. The third-order valence-corrected chi connectivity index (χ3v) is 5.75. The molecule has 0 radical (unpaired) electrons. The number of alkyl halides is 1. The van der Waals surface area contributed by atoms with Gasteiger partial charge in [0.2, 0.25) is 0 Å². The van der Waals surface area contributed by atoms with Crippen LogP contribution in [0.15, 0.2) is 30.3 Å². The van der Waals surface area contributed by atoms with E-state index in [0.29, 0.717) is 32.8 Å². The summed E-state index contributed by atoms with van der Waals surface area (Å²) in [6.45, 7) is 5.05. The van der Waals surface area contributed by atoms with Gasteiger partial charge in [-0.15, -0.1) is 11.6 Å². The molecular formula is C14H23ClNO4P. The van der Waals surface area contributed by atoms with Crippen LogP contribution in [0.5, 0.6) is 0 Å². The van der Waals surface area contributed by atoms with Gasteiger partial charge in [0.1, 0.15) is 5.12 Å². The number of hydrogen-bond acceptors (Lipinski definition) is 5.